The highest BCUT2D eigenvalue weighted by molar-refractivity contribution is 7.20. The number of quaternary nitrogens is 1. The van der Waals surface area contributed by atoms with E-state index in [9.17, 15) is 14.7 Å². The zero-order valence-corrected chi connectivity index (χ0v) is 11.9. The molecule has 0 spiro atoms. The van der Waals surface area contributed by atoms with Crippen molar-refractivity contribution in [1.29, 1.82) is 0 Å². The number of hydrogen-bond acceptors (Lipinski definition) is 5. The summed E-state index contributed by atoms with van der Waals surface area (Å²) in [4.78, 5) is 32.3. The molecule has 2 aromatic heterocycles. The topological polar surface area (TPSA) is 90.3 Å². The Kier molecular flexibility index (Phi) is 3.31. The lowest BCUT2D eigenvalue weighted by atomic mass is 10.2. The molecule has 2 aromatic rings. The Morgan fingerprint density at radius 2 is 2.15 bits per heavy atom. The fourth-order valence-electron chi connectivity index (χ4n) is 2.76. The first-order valence-corrected chi connectivity index (χ1v) is 7.45. The van der Waals surface area contributed by atoms with Gasteiger partial charge in [0, 0.05) is 12.8 Å². The SMILES string of the molecule is Cc1c(C(=O)[O-])sc2nc(C[NH+]3CCCC3)[nH]c(=O)c12. The largest absolute Gasteiger partial charge is 0.544 e. The van der Waals surface area contributed by atoms with Crippen LogP contribution in [0.4, 0.5) is 0 Å². The van der Waals surface area contributed by atoms with Crippen LogP contribution in [0.15, 0.2) is 4.79 Å². The number of carboxylic acids is 1. The van der Waals surface area contributed by atoms with Gasteiger partial charge in [-0.05, 0) is 12.5 Å². The average molecular weight is 293 g/mol. The van der Waals surface area contributed by atoms with Gasteiger partial charge in [-0.15, -0.1) is 11.3 Å². The molecule has 3 rings (SSSR count). The van der Waals surface area contributed by atoms with Crippen molar-refractivity contribution in [3.8, 4) is 0 Å². The third kappa shape index (κ3) is 2.23. The summed E-state index contributed by atoms with van der Waals surface area (Å²) in [5.74, 6) is -0.623. The molecule has 0 atom stereocenters. The van der Waals surface area contributed by atoms with Gasteiger partial charge in [0.05, 0.1) is 29.3 Å². The molecule has 0 radical (unpaired) electrons. The highest BCUT2D eigenvalue weighted by Gasteiger charge is 2.19. The van der Waals surface area contributed by atoms with Crippen LogP contribution in [0.5, 0.6) is 0 Å². The van der Waals surface area contributed by atoms with Crippen LogP contribution in [-0.2, 0) is 6.54 Å². The maximum atomic E-state index is 12.1. The lowest BCUT2D eigenvalue weighted by Crippen LogP contribution is -3.08. The number of aromatic carboxylic acids is 1. The van der Waals surface area contributed by atoms with Crippen molar-refractivity contribution in [2.75, 3.05) is 13.1 Å². The summed E-state index contributed by atoms with van der Waals surface area (Å²) in [6.07, 6.45) is 2.41. The van der Waals surface area contributed by atoms with Gasteiger partial charge in [-0.3, -0.25) is 4.79 Å². The monoisotopic (exact) mass is 293 g/mol. The first-order chi connectivity index (χ1) is 9.56. The van der Waals surface area contributed by atoms with E-state index in [1.165, 1.54) is 17.7 Å². The van der Waals surface area contributed by atoms with Crippen LogP contribution in [0.1, 0.15) is 33.9 Å². The predicted octanol–water partition coefficient (Wildman–Crippen LogP) is -1.16. The molecule has 7 heteroatoms. The van der Waals surface area contributed by atoms with Crippen molar-refractivity contribution in [3.05, 3.63) is 26.6 Å². The molecule has 0 saturated carbocycles. The number of aryl methyl sites for hydroxylation is 1. The third-order valence-corrected chi connectivity index (χ3v) is 4.93. The van der Waals surface area contributed by atoms with Crippen LogP contribution in [0.3, 0.4) is 0 Å². The average Bonchev–Trinajstić information content (AvgIpc) is 2.97. The predicted molar refractivity (Wildman–Crippen MR) is 72.9 cm³/mol. The molecule has 0 unspecified atom stereocenters. The van der Waals surface area contributed by atoms with Gasteiger partial charge >= 0.3 is 0 Å². The molecule has 6 nitrogen and oxygen atoms in total. The van der Waals surface area contributed by atoms with E-state index in [0.29, 0.717) is 28.1 Å². The van der Waals surface area contributed by atoms with Crippen molar-refractivity contribution in [1.82, 2.24) is 9.97 Å². The number of aromatic amines is 1. The van der Waals surface area contributed by atoms with Crippen molar-refractivity contribution in [2.24, 2.45) is 0 Å². The minimum Gasteiger partial charge on any atom is -0.544 e. The summed E-state index contributed by atoms with van der Waals surface area (Å²) in [5, 5.41) is 11.4. The number of hydrogen-bond donors (Lipinski definition) is 2. The Labute approximate surface area is 119 Å². The van der Waals surface area contributed by atoms with Gasteiger partial charge in [0.15, 0.2) is 5.82 Å². The van der Waals surface area contributed by atoms with Crippen LogP contribution in [0, 0.1) is 6.92 Å². The molecule has 3 heterocycles. The summed E-state index contributed by atoms with van der Waals surface area (Å²) in [7, 11) is 0. The fourth-order valence-corrected chi connectivity index (χ4v) is 3.79. The maximum absolute atomic E-state index is 12.1. The van der Waals surface area contributed by atoms with Crippen molar-refractivity contribution in [2.45, 2.75) is 26.3 Å². The van der Waals surface area contributed by atoms with E-state index in [1.54, 1.807) is 6.92 Å². The molecule has 0 aromatic carbocycles. The Balaban J connectivity index is 2.05. The zero-order chi connectivity index (χ0) is 14.3. The first kappa shape index (κ1) is 13.3. The number of thiophene rings is 1. The minimum atomic E-state index is -1.25. The number of aromatic nitrogens is 2. The van der Waals surface area contributed by atoms with E-state index >= 15 is 0 Å². The number of nitrogens with zero attached hydrogens (tertiary/aromatic N) is 1. The number of nitrogens with one attached hydrogen (secondary N) is 2. The van der Waals surface area contributed by atoms with Crippen molar-refractivity contribution in [3.63, 3.8) is 0 Å². The smallest absolute Gasteiger partial charge is 0.260 e. The molecule has 1 fully saturated rings. The zero-order valence-electron chi connectivity index (χ0n) is 11.1. The van der Waals surface area contributed by atoms with E-state index in [0.717, 1.165) is 24.4 Å². The van der Waals surface area contributed by atoms with Gasteiger partial charge in [0.25, 0.3) is 5.56 Å². The summed E-state index contributed by atoms with van der Waals surface area (Å²) >= 11 is 1.02. The van der Waals surface area contributed by atoms with Crippen molar-refractivity contribution >= 4 is 27.5 Å². The molecule has 2 N–H and O–H groups in total. The molecule has 0 aliphatic carbocycles. The molecule has 20 heavy (non-hydrogen) atoms. The number of carbonyl (C=O) groups excluding carboxylic acids is 1. The Morgan fingerprint density at radius 1 is 1.45 bits per heavy atom. The first-order valence-electron chi connectivity index (χ1n) is 6.63. The number of fused-ring (bicyclic) bond motifs is 1. The van der Waals surface area contributed by atoms with Gasteiger partial charge in [-0.25, -0.2) is 4.98 Å². The van der Waals surface area contributed by atoms with Crippen molar-refractivity contribution < 1.29 is 14.8 Å². The minimum absolute atomic E-state index is 0.0867. The van der Waals surface area contributed by atoms with Crippen LogP contribution >= 0.6 is 11.3 Å². The van der Waals surface area contributed by atoms with E-state index in [-0.39, 0.29) is 10.4 Å². The highest BCUT2D eigenvalue weighted by Crippen LogP contribution is 2.26. The van der Waals surface area contributed by atoms with Crippen LogP contribution in [-0.4, -0.2) is 29.0 Å². The number of rotatable bonds is 3. The van der Waals surface area contributed by atoms with Crippen LogP contribution in [0.2, 0.25) is 0 Å². The molecule has 1 saturated heterocycles. The maximum Gasteiger partial charge on any atom is 0.260 e. The molecule has 0 amide bonds. The molecule has 1 aliphatic heterocycles. The van der Waals surface area contributed by atoms with E-state index < -0.39 is 5.97 Å². The number of likely N-dealkylation sites (tertiary alicyclic amines) is 1. The summed E-state index contributed by atoms with van der Waals surface area (Å²) in [5.41, 5.74) is 0.184. The molecular formula is C13H15N3O3S. The van der Waals surface area contributed by atoms with Gasteiger partial charge in [-0.2, -0.15) is 0 Å². The van der Waals surface area contributed by atoms with Crippen LogP contribution < -0.4 is 15.6 Å². The molecule has 1 aliphatic rings. The highest BCUT2D eigenvalue weighted by atomic mass is 32.1. The summed E-state index contributed by atoms with van der Waals surface area (Å²) < 4.78 is 0. The number of carboxylic acid groups (broad SMARTS) is 1. The van der Waals surface area contributed by atoms with E-state index in [1.807, 2.05) is 0 Å². The van der Waals surface area contributed by atoms with E-state index in [2.05, 4.69) is 9.97 Å². The molecular weight excluding hydrogens is 278 g/mol. The number of H-pyrrole nitrogens is 1. The van der Waals surface area contributed by atoms with Gasteiger partial charge in [0.1, 0.15) is 11.4 Å². The van der Waals surface area contributed by atoms with Crippen LogP contribution in [0.25, 0.3) is 10.2 Å². The molecule has 0 bridgehead atoms. The third-order valence-electron chi connectivity index (χ3n) is 3.76. The Morgan fingerprint density at radius 3 is 2.80 bits per heavy atom. The lowest BCUT2D eigenvalue weighted by molar-refractivity contribution is -0.902. The lowest BCUT2D eigenvalue weighted by Gasteiger charge is -2.10. The number of carbonyl (C=O) groups is 1. The Hall–Kier alpha value is -1.73. The van der Waals surface area contributed by atoms with E-state index in [4.69, 9.17) is 0 Å². The normalized spacial score (nSPS) is 16.1. The van der Waals surface area contributed by atoms with Gasteiger partial charge in [-0.1, -0.05) is 0 Å². The summed E-state index contributed by atoms with van der Waals surface area (Å²) in [6.45, 7) is 4.49. The quantitative estimate of drug-likeness (QED) is 0.746. The standard InChI is InChI=1S/C13H15N3O3S/c1-7-9-11(17)14-8(6-16-4-2-3-5-16)15-12(9)20-10(7)13(18)19/h2-6H2,1H3,(H,18,19)(H,14,15,17). The van der Waals surface area contributed by atoms with Gasteiger partial charge in [0.2, 0.25) is 0 Å². The Bertz CT molecular complexity index is 728. The van der Waals surface area contributed by atoms with Gasteiger partial charge < -0.3 is 19.8 Å². The fraction of sp³-hybridized carbons (Fsp3) is 0.462. The molecule has 106 valence electrons. The second-order valence-electron chi connectivity index (χ2n) is 5.17. The second kappa shape index (κ2) is 4.99. The summed E-state index contributed by atoms with van der Waals surface area (Å²) in [6, 6.07) is 0. The second-order valence-corrected chi connectivity index (χ2v) is 6.17.